The smallest absolute Gasteiger partial charge is 0.282 e. The van der Waals surface area contributed by atoms with E-state index in [9.17, 15) is 4.79 Å². The Balaban J connectivity index is 1.74. The molecule has 0 aliphatic heterocycles. The minimum atomic E-state index is -0.249. The van der Waals surface area contributed by atoms with Gasteiger partial charge in [0.15, 0.2) is 5.16 Å². The maximum atomic E-state index is 12.8. The number of thioether (sulfide) groups is 1. The molecule has 0 unspecified atom stereocenters. The Morgan fingerprint density at radius 2 is 2.12 bits per heavy atom. The van der Waals surface area contributed by atoms with Crippen molar-refractivity contribution in [3.05, 3.63) is 63.6 Å². The minimum absolute atomic E-state index is 0.249. The van der Waals surface area contributed by atoms with Crippen LogP contribution in [-0.4, -0.2) is 14.8 Å². The lowest BCUT2D eigenvalue weighted by Gasteiger charge is -2.06. The van der Waals surface area contributed by atoms with E-state index in [-0.39, 0.29) is 5.56 Å². The van der Waals surface area contributed by atoms with E-state index in [1.54, 1.807) is 0 Å². The fraction of sp³-hybridized carbons (Fsp3) is 0.118. The van der Waals surface area contributed by atoms with Crippen molar-refractivity contribution < 1.29 is 4.52 Å². The van der Waals surface area contributed by atoms with Gasteiger partial charge in [-0.1, -0.05) is 47.3 Å². The number of thiophene rings is 1. The summed E-state index contributed by atoms with van der Waals surface area (Å²) in [5.41, 5.74) is 2.40. The van der Waals surface area contributed by atoms with Crippen molar-refractivity contribution in [2.45, 2.75) is 17.8 Å². The molecule has 0 radical (unpaired) electrons. The summed E-state index contributed by atoms with van der Waals surface area (Å²) >= 11 is 2.79. The Hall–Kier alpha value is -2.58. The lowest BCUT2D eigenvalue weighted by Crippen LogP contribution is -2.29. The molecule has 6 nitrogen and oxygen atoms in total. The maximum absolute atomic E-state index is 12.8. The predicted octanol–water partition coefficient (Wildman–Crippen LogP) is 3.43. The number of benzene rings is 1. The van der Waals surface area contributed by atoms with Gasteiger partial charge >= 0.3 is 0 Å². The number of rotatable bonds is 4. The van der Waals surface area contributed by atoms with Crippen LogP contribution in [-0.2, 0) is 5.75 Å². The quantitative estimate of drug-likeness (QED) is 0.336. The standard InChI is InChI=1S/C17H14N4O2S2/c1-10-7-12(23-20-10)8-25-17-19-15-14(16(22)21(17)18)13(9-24-15)11-5-3-2-4-6-11/h2-7,9H,8,18H2,1H3. The highest BCUT2D eigenvalue weighted by Crippen LogP contribution is 2.32. The van der Waals surface area contributed by atoms with E-state index in [4.69, 9.17) is 10.4 Å². The molecule has 3 aromatic heterocycles. The normalized spacial score (nSPS) is 11.2. The largest absolute Gasteiger partial charge is 0.360 e. The number of nitrogen functional groups attached to an aromatic ring is 1. The van der Waals surface area contributed by atoms with Gasteiger partial charge in [-0.15, -0.1) is 11.3 Å². The van der Waals surface area contributed by atoms with Crippen molar-refractivity contribution in [3.8, 4) is 11.1 Å². The van der Waals surface area contributed by atoms with Gasteiger partial charge in [-0.2, -0.15) is 0 Å². The Kier molecular flexibility index (Phi) is 4.06. The third-order valence-corrected chi connectivity index (χ3v) is 5.56. The molecule has 2 N–H and O–H groups in total. The summed E-state index contributed by atoms with van der Waals surface area (Å²) < 4.78 is 6.29. The third-order valence-electron chi connectivity index (χ3n) is 3.71. The van der Waals surface area contributed by atoms with Gasteiger partial charge < -0.3 is 10.4 Å². The first-order valence-electron chi connectivity index (χ1n) is 7.53. The molecule has 4 rings (SSSR count). The monoisotopic (exact) mass is 370 g/mol. The van der Waals surface area contributed by atoms with Crippen molar-refractivity contribution >= 4 is 33.3 Å². The zero-order chi connectivity index (χ0) is 17.4. The molecule has 0 spiro atoms. The second-order valence-corrected chi connectivity index (χ2v) is 7.29. The zero-order valence-corrected chi connectivity index (χ0v) is 14.9. The molecule has 4 aromatic rings. The lowest BCUT2D eigenvalue weighted by atomic mass is 10.1. The molecule has 0 atom stereocenters. The van der Waals surface area contributed by atoms with Crippen LogP contribution in [0.2, 0.25) is 0 Å². The highest BCUT2D eigenvalue weighted by Gasteiger charge is 2.16. The van der Waals surface area contributed by atoms with Crippen LogP contribution in [0.5, 0.6) is 0 Å². The molecule has 1 aromatic carbocycles. The van der Waals surface area contributed by atoms with Crippen molar-refractivity contribution in [3.63, 3.8) is 0 Å². The summed E-state index contributed by atoms with van der Waals surface area (Å²) in [6.45, 7) is 1.86. The van der Waals surface area contributed by atoms with Gasteiger partial charge in [-0.05, 0) is 12.5 Å². The Bertz CT molecular complexity index is 1100. The van der Waals surface area contributed by atoms with Crippen LogP contribution < -0.4 is 11.4 Å². The van der Waals surface area contributed by atoms with Gasteiger partial charge in [-0.25, -0.2) is 9.66 Å². The number of fused-ring (bicyclic) bond motifs is 1. The van der Waals surface area contributed by atoms with Gasteiger partial charge in [0.1, 0.15) is 10.6 Å². The Labute approximate surface area is 151 Å². The Morgan fingerprint density at radius 1 is 1.32 bits per heavy atom. The highest BCUT2D eigenvalue weighted by atomic mass is 32.2. The number of hydrogen-bond donors (Lipinski definition) is 1. The van der Waals surface area contributed by atoms with E-state index in [1.807, 2.05) is 48.7 Å². The van der Waals surface area contributed by atoms with Crippen LogP contribution in [0.3, 0.4) is 0 Å². The second-order valence-electron chi connectivity index (χ2n) is 5.49. The summed E-state index contributed by atoms with van der Waals surface area (Å²) in [6.07, 6.45) is 0. The zero-order valence-electron chi connectivity index (χ0n) is 13.3. The molecule has 0 aliphatic rings. The van der Waals surface area contributed by atoms with Crippen molar-refractivity contribution in [2.75, 3.05) is 5.84 Å². The number of nitrogens with two attached hydrogens (primary N) is 1. The first-order valence-corrected chi connectivity index (χ1v) is 9.40. The second kappa shape index (κ2) is 6.38. The summed E-state index contributed by atoms with van der Waals surface area (Å²) in [5.74, 6) is 7.23. The summed E-state index contributed by atoms with van der Waals surface area (Å²) in [4.78, 5) is 18.0. The average molecular weight is 370 g/mol. The SMILES string of the molecule is Cc1cc(CSc2nc3scc(-c4ccccc4)c3c(=O)n2N)on1. The van der Waals surface area contributed by atoms with E-state index in [0.717, 1.165) is 21.5 Å². The van der Waals surface area contributed by atoms with Crippen molar-refractivity contribution in [1.29, 1.82) is 0 Å². The molecule has 3 heterocycles. The van der Waals surface area contributed by atoms with E-state index in [0.29, 0.717) is 26.9 Å². The summed E-state index contributed by atoms with van der Waals surface area (Å²) in [6, 6.07) is 11.6. The van der Waals surface area contributed by atoms with Gasteiger partial charge in [0, 0.05) is 17.0 Å². The van der Waals surface area contributed by atoms with E-state index in [2.05, 4.69) is 10.1 Å². The molecule has 0 amide bonds. The van der Waals surface area contributed by atoms with E-state index < -0.39 is 0 Å². The predicted molar refractivity (Wildman–Crippen MR) is 100 cm³/mol. The molecular weight excluding hydrogens is 356 g/mol. The Morgan fingerprint density at radius 3 is 2.84 bits per heavy atom. The molecule has 0 saturated carbocycles. The van der Waals surface area contributed by atoms with Gasteiger partial charge in [-0.3, -0.25) is 4.79 Å². The molecule has 0 saturated heterocycles. The van der Waals surface area contributed by atoms with Gasteiger partial charge in [0.25, 0.3) is 5.56 Å². The number of nitrogens with zero attached hydrogens (tertiary/aromatic N) is 3. The molecule has 126 valence electrons. The number of hydrogen-bond acceptors (Lipinski definition) is 7. The molecule has 0 bridgehead atoms. The minimum Gasteiger partial charge on any atom is -0.360 e. The van der Waals surface area contributed by atoms with Crippen LogP contribution in [0.25, 0.3) is 21.3 Å². The van der Waals surface area contributed by atoms with Crippen LogP contribution in [0, 0.1) is 6.92 Å². The van der Waals surface area contributed by atoms with E-state index >= 15 is 0 Å². The van der Waals surface area contributed by atoms with Gasteiger partial charge in [0.2, 0.25) is 0 Å². The highest BCUT2D eigenvalue weighted by molar-refractivity contribution is 7.98. The van der Waals surface area contributed by atoms with Crippen LogP contribution in [0.15, 0.2) is 56.3 Å². The summed E-state index contributed by atoms with van der Waals surface area (Å²) in [7, 11) is 0. The topological polar surface area (TPSA) is 86.9 Å². The summed E-state index contributed by atoms with van der Waals surface area (Å²) in [5, 5.41) is 6.80. The fourth-order valence-corrected chi connectivity index (χ4v) is 4.32. The average Bonchev–Trinajstić information content (AvgIpc) is 3.24. The number of aromatic nitrogens is 3. The lowest BCUT2D eigenvalue weighted by molar-refractivity contribution is 0.391. The van der Waals surface area contributed by atoms with Gasteiger partial charge in [0.05, 0.1) is 16.8 Å². The molecule has 8 heteroatoms. The first-order chi connectivity index (χ1) is 12.1. The van der Waals surface area contributed by atoms with Crippen LogP contribution >= 0.6 is 23.1 Å². The van der Waals surface area contributed by atoms with Crippen molar-refractivity contribution in [2.24, 2.45) is 0 Å². The van der Waals surface area contributed by atoms with Crippen LogP contribution in [0.4, 0.5) is 0 Å². The third kappa shape index (κ3) is 2.94. The van der Waals surface area contributed by atoms with Crippen molar-refractivity contribution in [1.82, 2.24) is 14.8 Å². The van der Waals surface area contributed by atoms with E-state index in [1.165, 1.54) is 23.1 Å². The first kappa shape index (κ1) is 15.9. The molecule has 25 heavy (non-hydrogen) atoms. The molecule has 0 fully saturated rings. The fourth-order valence-electron chi connectivity index (χ4n) is 2.54. The molecule has 0 aliphatic carbocycles. The maximum Gasteiger partial charge on any atom is 0.282 e. The van der Waals surface area contributed by atoms with Crippen LogP contribution in [0.1, 0.15) is 11.5 Å². The molecular formula is C17H14N4O2S2. The number of aryl methyl sites for hydroxylation is 1.